The Bertz CT molecular complexity index is 782. The normalized spacial score (nSPS) is 17.7. The molecule has 6 nitrogen and oxygen atoms in total. The molecule has 0 amide bonds. The molecule has 4 heterocycles. The van der Waals surface area contributed by atoms with Crippen LogP contribution in [-0.2, 0) is 0 Å². The van der Waals surface area contributed by atoms with Crippen molar-refractivity contribution in [2.24, 2.45) is 0 Å². The summed E-state index contributed by atoms with van der Waals surface area (Å²) in [7, 11) is 0. The topological polar surface area (TPSA) is 70.0 Å². The van der Waals surface area contributed by atoms with Crippen LogP contribution in [-0.4, -0.2) is 37.8 Å². The number of nitrogens with zero attached hydrogens (tertiary/aromatic N) is 4. The Morgan fingerprint density at radius 3 is 2.86 bits per heavy atom. The summed E-state index contributed by atoms with van der Waals surface area (Å²) in [6, 6.07) is 2.03. The summed E-state index contributed by atoms with van der Waals surface area (Å²) in [5.74, 6) is 0.697. The number of fused-ring (bicyclic) bond motifs is 3. The lowest BCUT2D eigenvalue weighted by atomic mass is 10.2. The fourth-order valence-corrected chi connectivity index (χ4v) is 3.21. The van der Waals surface area contributed by atoms with Crippen molar-refractivity contribution in [3.05, 3.63) is 24.3 Å². The van der Waals surface area contributed by atoms with Gasteiger partial charge in [-0.2, -0.15) is 0 Å². The van der Waals surface area contributed by atoms with Gasteiger partial charge >= 0.3 is 0 Å². The number of rotatable bonds is 2. The first-order valence-electron chi connectivity index (χ1n) is 7.53. The number of aliphatic hydroxyl groups is 1. The van der Waals surface area contributed by atoms with E-state index in [0.29, 0.717) is 5.82 Å². The van der Waals surface area contributed by atoms with Crippen molar-refractivity contribution in [2.75, 3.05) is 18.1 Å². The fraction of sp³-hybridized carbons (Fsp3) is 0.467. The molecule has 3 aromatic rings. The van der Waals surface area contributed by atoms with Crippen molar-refractivity contribution in [1.82, 2.24) is 19.6 Å². The van der Waals surface area contributed by atoms with Crippen LogP contribution in [0.25, 0.3) is 22.1 Å². The summed E-state index contributed by atoms with van der Waals surface area (Å²) in [6.07, 6.45) is 6.70. The van der Waals surface area contributed by atoms with Crippen LogP contribution in [0.3, 0.4) is 0 Å². The van der Waals surface area contributed by atoms with Crippen LogP contribution in [0.15, 0.2) is 18.5 Å². The molecule has 0 saturated carbocycles. The number of pyridine rings is 1. The van der Waals surface area contributed by atoms with E-state index in [2.05, 4.69) is 24.6 Å². The Morgan fingerprint density at radius 2 is 2.10 bits per heavy atom. The summed E-state index contributed by atoms with van der Waals surface area (Å²) in [6.45, 7) is 3.77. The van der Waals surface area contributed by atoms with Gasteiger partial charge in [0.1, 0.15) is 22.8 Å². The molecule has 0 aromatic carbocycles. The maximum atomic E-state index is 10.1. The van der Waals surface area contributed by atoms with Gasteiger partial charge in [-0.05, 0) is 32.3 Å². The van der Waals surface area contributed by atoms with E-state index in [0.717, 1.165) is 35.2 Å². The van der Waals surface area contributed by atoms with Crippen molar-refractivity contribution in [2.45, 2.75) is 32.3 Å². The molecule has 6 heteroatoms. The fourth-order valence-electron chi connectivity index (χ4n) is 3.21. The van der Waals surface area contributed by atoms with Crippen molar-refractivity contribution in [3.8, 4) is 0 Å². The Hall–Kier alpha value is -2.08. The third-order valence-electron chi connectivity index (χ3n) is 4.19. The lowest BCUT2D eigenvalue weighted by Crippen LogP contribution is -2.40. The molecule has 1 aliphatic rings. The van der Waals surface area contributed by atoms with Crippen molar-refractivity contribution in [1.29, 1.82) is 0 Å². The zero-order chi connectivity index (χ0) is 14.4. The zero-order valence-corrected chi connectivity index (χ0v) is 12.1. The molecule has 1 atom stereocenters. The van der Waals surface area contributed by atoms with Gasteiger partial charge in [0.2, 0.25) is 0 Å². The van der Waals surface area contributed by atoms with Gasteiger partial charge in [0, 0.05) is 24.7 Å². The molecule has 0 bridgehead atoms. The molecule has 0 aliphatic carbocycles. The highest BCUT2D eigenvalue weighted by atomic mass is 16.3. The van der Waals surface area contributed by atoms with E-state index in [4.69, 9.17) is 0 Å². The Balaban J connectivity index is 2.03. The van der Waals surface area contributed by atoms with Gasteiger partial charge in [0.05, 0.1) is 6.20 Å². The monoisotopic (exact) mass is 285 g/mol. The molecule has 2 N–H and O–H groups in total. The summed E-state index contributed by atoms with van der Waals surface area (Å²) in [5, 5.41) is 13.5. The number of H-pyrrole nitrogens is 1. The Labute approximate surface area is 122 Å². The number of aromatic nitrogens is 4. The molecule has 1 aliphatic heterocycles. The molecule has 3 aromatic heterocycles. The van der Waals surface area contributed by atoms with Crippen LogP contribution in [0.4, 0.5) is 0 Å². The smallest absolute Gasteiger partial charge is 0.157 e. The Kier molecular flexibility index (Phi) is 2.85. The maximum absolute atomic E-state index is 10.1. The third-order valence-corrected chi connectivity index (χ3v) is 4.19. The van der Waals surface area contributed by atoms with Gasteiger partial charge in [-0.3, -0.25) is 0 Å². The van der Waals surface area contributed by atoms with E-state index in [9.17, 15) is 5.11 Å². The first-order chi connectivity index (χ1) is 10.3. The predicted octanol–water partition coefficient (Wildman–Crippen LogP) is 2.09. The number of nitrogens with one attached hydrogen (secondary N) is 1. The van der Waals surface area contributed by atoms with Crippen LogP contribution in [0.5, 0.6) is 0 Å². The Morgan fingerprint density at radius 1 is 1.29 bits per heavy atom. The lowest BCUT2D eigenvalue weighted by molar-refractivity contribution is 0.183. The van der Waals surface area contributed by atoms with Gasteiger partial charge < -0.3 is 15.1 Å². The molecular formula is C15H19N5O. The highest BCUT2D eigenvalue weighted by Crippen LogP contribution is 2.27. The summed E-state index contributed by atoms with van der Waals surface area (Å²) >= 11 is 0. The van der Waals surface area contributed by atoms with Gasteiger partial charge in [-0.15, -0.1) is 0 Å². The van der Waals surface area contributed by atoms with Gasteiger partial charge in [-0.25, -0.2) is 14.6 Å². The molecule has 0 radical (unpaired) electrons. The molecule has 1 unspecified atom stereocenters. The summed E-state index contributed by atoms with van der Waals surface area (Å²) < 4.78 is 2.11. The highest BCUT2D eigenvalue weighted by Gasteiger charge is 2.23. The van der Waals surface area contributed by atoms with E-state index in [-0.39, 0.29) is 0 Å². The minimum atomic E-state index is -0.603. The molecule has 21 heavy (non-hydrogen) atoms. The van der Waals surface area contributed by atoms with Gasteiger partial charge in [0.25, 0.3) is 0 Å². The first kappa shape index (κ1) is 12.6. The first-order valence-corrected chi connectivity index (χ1v) is 7.53. The quantitative estimate of drug-likeness (QED) is 0.756. The molecule has 110 valence electrons. The average Bonchev–Trinajstić information content (AvgIpc) is 3.11. The minimum absolute atomic E-state index is 0.603. The van der Waals surface area contributed by atoms with Crippen LogP contribution in [0, 0.1) is 0 Å². The average molecular weight is 285 g/mol. The largest absolute Gasteiger partial charge is 0.385 e. The van der Waals surface area contributed by atoms with Gasteiger partial charge in [-0.1, -0.05) is 0 Å². The van der Waals surface area contributed by atoms with Crippen LogP contribution >= 0.6 is 0 Å². The van der Waals surface area contributed by atoms with Crippen molar-refractivity contribution >= 4 is 22.1 Å². The van der Waals surface area contributed by atoms with E-state index < -0.39 is 6.10 Å². The number of hydrogen-bond donors (Lipinski definition) is 2. The van der Waals surface area contributed by atoms with E-state index >= 15 is 0 Å². The minimum Gasteiger partial charge on any atom is -0.385 e. The van der Waals surface area contributed by atoms with Crippen LogP contribution in [0.2, 0.25) is 0 Å². The van der Waals surface area contributed by atoms with Crippen LogP contribution < -0.4 is 5.01 Å². The summed E-state index contributed by atoms with van der Waals surface area (Å²) in [4.78, 5) is 12.2. The number of hydrogen-bond acceptors (Lipinski definition) is 4. The maximum Gasteiger partial charge on any atom is 0.157 e. The second kappa shape index (κ2) is 4.73. The second-order valence-electron chi connectivity index (χ2n) is 5.70. The van der Waals surface area contributed by atoms with Crippen LogP contribution in [0.1, 0.15) is 38.1 Å². The van der Waals surface area contributed by atoms with Gasteiger partial charge in [0.15, 0.2) is 5.82 Å². The van der Waals surface area contributed by atoms with Crippen molar-refractivity contribution < 1.29 is 5.11 Å². The molecule has 1 fully saturated rings. The number of imidazole rings is 1. The SMILES string of the molecule is CC(O)c1nc2cnc3[nH]ccc3c2n1N1CCCCC1. The molecule has 1 saturated heterocycles. The number of aromatic amines is 1. The number of piperidine rings is 1. The molecular weight excluding hydrogens is 266 g/mol. The lowest BCUT2D eigenvalue weighted by Gasteiger charge is -2.32. The number of aliphatic hydroxyl groups excluding tert-OH is 1. The zero-order valence-electron chi connectivity index (χ0n) is 12.1. The van der Waals surface area contributed by atoms with E-state index in [1.165, 1.54) is 19.3 Å². The standard InChI is InChI=1S/C15H19N5O/c1-10(21)15-18-12-9-17-14-11(5-6-16-14)13(12)20(15)19-7-3-2-4-8-19/h5-6,9-10,21H,2-4,7-8H2,1H3,(H,16,17). The van der Waals surface area contributed by atoms with E-state index in [1.807, 2.05) is 12.3 Å². The summed E-state index contributed by atoms with van der Waals surface area (Å²) in [5.41, 5.74) is 2.74. The molecule has 4 rings (SSSR count). The van der Waals surface area contributed by atoms with Crippen molar-refractivity contribution in [3.63, 3.8) is 0 Å². The molecule has 0 spiro atoms. The predicted molar refractivity (Wildman–Crippen MR) is 81.8 cm³/mol. The van der Waals surface area contributed by atoms with E-state index in [1.54, 1.807) is 13.1 Å². The third kappa shape index (κ3) is 1.90. The second-order valence-corrected chi connectivity index (χ2v) is 5.70. The highest BCUT2D eigenvalue weighted by molar-refractivity contribution is 6.01.